The SMILES string of the molecule is COC(=O)[C-](C)S(=O)(=O)c1ccccc1.[Li+]. The van der Waals surface area contributed by atoms with E-state index in [9.17, 15) is 13.2 Å². The van der Waals surface area contributed by atoms with Crippen molar-refractivity contribution in [2.45, 2.75) is 11.8 Å². The molecule has 1 rings (SSSR count). The van der Waals surface area contributed by atoms with Gasteiger partial charge in [-0.3, -0.25) is 13.2 Å². The maximum Gasteiger partial charge on any atom is 1.00 e. The molecule has 6 heteroatoms. The first kappa shape index (κ1) is 15.1. The molecule has 0 fully saturated rings. The number of hydrogen-bond donors (Lipinski definition) is 0. The van der Waals surface area contributed by atoms with Crippen molar-refractivity contribution in [3.8, 4) is 0 Å². The third kappa shape index (κ3) is 3.05. The molecule has 0 aliphatic rings. The average Bonchev–Trinajstić information content (AvgIpc) is 2.28. The van der Waals surface area contributed by atoms with E-state index in [2.05, 4.69) is 4.74 Å². The summed E-state index contributed by atoms with van der Waals surface area (Å²) in [6.07, 6.45) is 0. The smallest absolute Gasteiger partial charge is 0.490 e. The molecule has 82 valence electrons. The summed E-state index contributed by atoms with van der Waals surface area (Å²) in [5.74, 6) is -0.834. The van der Waals surface area contributed by atoms with E-state index >= 15 is 0 Å². The zero-order valence-corrected chi connectivity index (χ0v) is 10.2. The molecule has 0 radical (unpaired) electrons. The molecule has 0 N–H and O–H groups in total. The summed E-state index contributed by atoms with van der Waals surface area (Å²) in [4.78, 5) is 11.2. The minimum atomic E-state index is -3.71. The summed E-state index contributed by atoms with van der Waals surface area (Å²) in [5.41, 5.74) is 0. The molecule has 0 saturated carbocycles. The number of esters is 1. The fraction of sp³-hybridized carbons (Fsp3) is 0.200. The van der Waals surface area contributed by atoms with Crippen molar-refractivity contribution in [3.05, 3.63) is 35.6 Å². The molecule has 4 nitrogen and oxygen atoms in total. The van der Waals surface area contributed by atoms with Crippen LogP contribution in [-0.2, 0) is 19.4 Å². The van der Waals surface area contributed by atoms with Crippen LogP contribution in [0.3, 0.4) is 0 Å². The summed E-state index contributed by atoms with van der Waals surface area (Å²) >= 11 is 0. The van der Waals surface area contributed by atoms with Gasteiger partial charge in [-0.15, -0.1) is 0 Å². The Morgan fingerprint density at radius 2 is 1.75 bits per heavy atom. The van der Waals surface area contributed by atoms with Crippen LogP contribution in [0.1, 0.15) is 6.92 Å². The molecule has 0 spiro atoms. The van der Waals surface area contributed by atoms with Crippen LogP contribution in [0.15, 0.2) is 35.2 Å². The summed E-state index contributed by atoms with van der Waals surface area (Å²) in [5, 5.41) is -0.309. The van der Waals surface area contributed by atoms with Crippen LogP contribution < -0.4 is 18.9 Å². The number of ether oxygens (including phenoxy) is 1. The van der Waals surface area contributed by atoms with Crippen molar-refractivity contribution < 1.29 is 36.8 Å². The molecule has 0 amide bonds. The number of rotatable bonds is 3. The third-order valence-corrected chi connectivity index (χ3v) is 3.80. The summed E-state index contributed by atoms with van der Waals surface area (Å²) in [6, 6.07) is 7.75. The maximum atomic E-state index is 11.8. The van der Waals surface area contributed by atoms with E-state index in [0.717, 1.165) is 7.11 Å². The number of methoxy groups -OCH3 is 1. The number of hydrogen-bond acceptors (Lipinski definition) is 4. The molecule has 0 aliphatic carbocycles. The monoisotopic (exact) mass is 234 g/mol. The van der Waals surface area contributed by atoms with Gasteiger partial charge in [0, 0.05) is 4.90 Å². The fourth-order valence-corrected chi connectivity index (χ4v) is 2.20. The zero-order valence-electron chi connectivity index (χ0n) is 9.43. The van der Waals surface area contributed by atoms with Crippen LogP contribution in [0.4, 0.5) is 0 Å². The van der Waals surface area contributed by atoms with Crippen molar-refractivity contribution in [2.24, 2.45) is 0 Å². The molecule has 0 aliphatic heterocycles. The van der Waals surface area contributed by atoms with Gasteiger partial charge in [0.15, 0.2) is 5.97 Å². The van der Waals surface area contributed by atoms with E-state index in [4.69, 9.17) is 0 Å². The van der Waals surface area contributed by atoms with E-state index in [1.54, 1.807) is 18.2 Å². The van der Waals surface area contributed by atoms with Crippen LogP contribution >= 0.6 is 0 Å². The first-order chi connectivity index (χ1) is 7.00. The first-order valence-corrected chi connectivity index (χ1v) is 5.70. The van der Waals surface area contributed by atoms with Crippen molar-refractivity contribution >= 4 is 15.8 Å². The Morgan fingerprint density at radius 1 is 1.25 bits per heavy atom. The molecule has 1 aromatic rings. The van der Waals surface area contributed by atoms with Crippen LogP contribution in [0.2, 0.25) is 0 Å². The van der Waals surface area contributed by atoms with Gasteiger partial charge in [-0.25, -0.2) is 0 Å². The van der Waals surface area contributed by atoms with Gasteiger partial charge < -0.3 is 4.74 Å². The van der Waals surface area contributed by atoms with E-state index < -0.39 is 15.8 Å². The third-order valence-electron chi connectivity index (χ3n) is 1.93. The molecular formula is C10H11LiO4S. The van der Waals surface area contributed by atoms with Crippen molar-refractivity contribution in [2.75, 3.05) is 7.11 Å². The van der Waals surface area contributed by atoms with Gasteiger partial charge in [-0.2, -0.15) is 12.2 Å². The number of sulfone groups is 1. The van der Waals surface area contributed by atoms with Gasteiger partial charge in [0.1, 0.15) is 0 Å². The summed E-state index contributed by atoms with van der Waals surface area (Å²) in [7, 11) is -2.56. The van der Waals surface area contributed by atoms with E-state index in [1.165, 1.54) is 19.1 Å². The average molecular weight is 234 g/mol. The van der Waals surface area contributed by atoms with Crippen LogP contribution in [0.5, 0.6) is 0 Å². The van der Waals surface area contributed by atoms with Crippen molar-refractivity contribution in [3.63, 3.8) is 0 Å². The summed E-state index contributed by atoms with van der Waals surface area (Å²) < 4.78 is 28.0. The predicted molar refractivity (Wildman–Crippen MR) is 54.6 cm³/mol. The molecule has 0 aromatic heterocycles. The standard InChI is InChI=1S/C10H11O4S.Li/c1-8(10(11)14-2)15(12,13)9-6-4-3-5-7-9;/h3-7H,1-2H3;/q-1;+1. The number of carbonyl (C=O) groups excluding carboxylic acids is 1. The minimum Gasteiger partial charge on any atom is -0.490 e. The van der Waals surface area contributed by atoms with Gasteiger partial charge in [0.2, 0.25) is 0 Å². The number of benzene rings is 1. The molecule has 0 saturated heterocycles. The van der Waals surface area contributed by atoms with Gasteiger partial charge in [-0.05, 0) is 12.1 Å². The van der Waals surface area contributed by atoms with Crippen molar-refractivity contribution in [1.82, 2.24) is 0 Å². The largest absolute Gasteiger partial charge is 1.00 e. The second kappa shape index (κ2) is 5.99. The van der Waals surface area contributed by atoms with Crippen LogP contribution in [0, 0.1) is 5.25 Å². The Bertz CT molecular complexity index is 441. The summed E-state index contributed by atoms with van der Waals surface area (Å²) in [6.45, 7) is 1.23. The maximum absolute atomic E-state index is 11.8. The minimum absolute atomic E-state index is 0. The van der Waals surface area contributed by atoms with Crippen LogP contribution in [-0.4, -0.2) is 21.5 Å². The van der Waals surface area contributed by atoms with Gasteiger partial charge in [0.05, 0.1) is 16.9 Å². The van der Waals surface area contributed by atoms with Crippen LogP contribution in [0.25, 0.3) is 0 Å². The quantitative estimate of drug-likeness (QED) is 0.351. The van der Waals surface area contributed by atoms with E-state index in [1.807, 2.05) is 0 Å². The molecule has 0 heterocycles. The normalized spacial score (nSPS) is 10.1. The Hall–Kier alpha value is -0.893. The predicted octanol–water partition coefficient (Wildman–Crippen LogP) is -1.81. The Labute approximate surface area is 107 Å². The second-order valence-corrected chi connectivity index (χ2v) is 4.95. The zero-order chi connectivity index (χ0) is 11.5. The van der Waals surface area contributed by atoms with Gasteiger partial charge >= 0.3 is 18.9 Å². The molecule has 0 unspecified atom stereocenters. The second-order valence-electron chi connectivity index (χ2n) is 2.86. The topological polar surface area (TPSA) is 60.4 Å². The Kier molecular flexibility index (Phi) is 5.66. The molecule has 1 aromatic carbocycles. The molecular weight excluding hydrogens is 223 g/mol. The Balaban J connectivity index is 0.00000225. The van der Waals surface area contributed by atoms with Gasteiger partial charge in [-0.1, -0.05) is 18.2 Å². The first-order valence-electron chi connectivity index (χ1n) is 4.22. The molecule has 0 atom stereocenters. The van der Waals surface area contributed by atoms with Crippen molar-refractivity contribution in [1.29, 1.82) is 0 Å². The van der Waals surface area contributed by atoms with E-state index in [0.29, 0.717) is 0 Å². The Morgan fingerprint density at radius 3 is 2.19 bits per heavy atom. The fourth-order valence-electron chi connectivity index (χ4n) is 1.03. The number of carbonyl (C=O) groups is 1. The molecule has 16 heavy (non-hydrogen) atoms. The van der Waals surface area contributed by atoms with E-state index in [-0.39, 0.29) is 29.0 Å². The molecule has 0 bridgehead atoms. The van der Waals surface area contributed by atoms with Gasteiger partial charge in [0.25, 0.3) is 0 Å².